The maximum Gasteiger partial charge on any atom is 0.320 e. The average molecular weight is 377 g/mol. The zero-order chi connectivity index (χ0) is 15.4. The van der Waals surface area contributed by atoms with Crippen molar-refractivity contribution in [2.45, 2.75) is 19.1 Å². The van der Waals surface area contributed by atoms with Gasteiger partial charge in [-0.2, -0.15) is 0 Å². The van der Waals surface area contributed by atoms with Gasteiger partial charge in [0.05, 0.1) is 25.7 Å². The number of hydrogen-bond acceptors (Lipinski definition) is 4. The summed E-state index contributed by atoms with van der Waals surface area (Å²) in [4.78, 5) is 27.5. The van der Waals surface area contributed by atoms with E-state index in [4.69, 9.17) is 9.84 Å². The third-order valence-electron chi connectivity index (χ3n) is 3.15. The molecule has 1 unspecified atom stereocenters. The summed E-state index contributed by atoms with van der Waals surface area (Å²) in [5.74, 6) is -0.911. The summed E-state index contributed by atoms with van der Waals surface area (Å²) in [5.41, 5.74) is 0. The second kappa shape index (κ2) is 7.24. The van der Waals surface area contributed by atoms with E-state index in [9.17, 15) is 9.59 Å². The molecule has 1 aromatic heterocycles. The molecule has 116 valence electrons. The van der Waals surface area contributed by atoms with Crippen LogP contribution in [0.2, 0.25) is 0 Å². The maximum atomic E-state index is 12.4. The van der Waals surface area contributed by atoms with E-state index in [-0.39, 0.29) is 12.5 Å². The summed E-state index contributed by atoms with van der Waals surface area (Å²) in [6.07, 6.45) is -0.504. The van der Waals surface area contributed by atoms with Crippen LogP contribution in [0.5, 0.6) is 0 Å². The fourth-order valence-corrected chi connectivity index (χ4v) is 3.69. The van der Waals surface area contributed by atoms with E-state index in [0.29, 0.717) is 26.2 Å². The Labute approximate surface area is 135 Å². The Morgan fingerprint density at radius 2 is 2.38 bits per heavy atom. The molecule has 1 atom stereocenters. The number of carbonyl (C=O) groups is 2. The molecule has 0 spiro atoms. The molecule has 0 bridgehead atoms. The van der Waals surface area contributed by atoms with Crippen LogP contribution in [0.4, 0.5) is 4.79 Å². The van der Waals surface area contributed by atoms with Crippen molar-refractivity contribution in [1.29, 1.82) is 0 Å². The Morgan fingerprint density at radius 1 is 1.62 bits per heavy atom. The number of halogens is 1. The van der Waals surface area contributed by atoms with Crippen LogP contribution in [-0.2, 0) is 16.1 Å². The lowest BCUT2D eigenvalue weighted by molar-refractivity contribution is -0.141. The van der Waals surface area contributed by atoms with Crippen LogP contribution >= 0.6 is 27.3 Å². The summed E-state index contributed by atoms with van der Waals surface area (Å²) in [5, 5.41) is 10.8. The zero-order valence-electron chi connectivity index (χ0n) is 11.6. The molecule has 2 heterocycles. The van der Waals surface area contributed by atoms with Gasteiger partial charge in [0.1, 0.15) is 0 Å². The predicted molar refractivity (Wildman–Crippen MR) is 82.4 cm³/mol. The van der Waals surface area contributed by atoms with Gasteiger partial charge in [-0.05, 0) is 22.0 Å². The Bertz CT molecular complexity index is 522. The molecule has 0 radical (unpaired) electrons. The van der Waals surface area contributed by atoms with Crippen molar-refractivity contribution >= 4 is 39.3 Å². The monoisotopic (exact) mass is 376 g/mol. The summed E-state index contributed by atoms with van der Waals surface area (Å²) in [6, 6.07) is 1.89. The van der Waals surface area contributed by atoms with Crippen LogP contribution < -0.4 is 0 Å². The van der Waals surface area contributed by atoms with E-state index in [1.165, 1.54) is 0 Å². The summed E-state index contributed by atoms with van der Waals surface area (Å²) in [6.45, 7) is 1.73. The molecular weight excluding hydrogens is 360 g/mol. The van der Waals surface area contributed by atoms with Gasteiger partial charge in [0.25, 0.3) is 0 Å². The number of ether oxygens (including phenoxy) is 1. The number of amides is 2. The summed E-state index contributed by atoms with van der Waals surface area (Å²) in [7, 11) is 1.75. The van der Waals surface area contributed by atoms with Crippen molar-refractivity contribution in [2.75, 3.05) is 26.7 Å². The smallest absolute Gasteiger partial charge is 0.320 e. The van der Waals surface area contributed by atoms with Crippen LogP contribution in [0, 0.1) is 0 Å². The maximum absolute atomic E-state index is 12.4. The molecule has 0 saturated carbocycles. The van der Waals surface area contributed by atoms with E-state index in [1.54, 1.807) is 28.2 Å². The molecule has 0 aromatic carbocycles. The second-order valence-electron chi connectivity index (χ2n) is 4.91. The highest BCUT2D eigenvalue weighted by molar-refractivity contribution is 9.10. The van der Waals surface area contributed by atoms with Crippen molar-refractivity contribution in [3.63, 3.8) is 0 Å². The van der Waals surface area contributed by atoms with E-state index in [0.717, 1.165) is 9.35 Å². The van der Waals surface area contributed by atoms with Crippen molar-refractivity contribution < 1.29 is 19.4 Å². The first kappa shape index (κ1) is 16.3. The summed E-state index contributed by atoms with van der Waals surface area (Å²) >= 11 is 4.98. The van der Waals surface area contributed by atoms with E-state index in [1.807, 2.05) is 11.4 Å². The number of nitrogens with zero attached hydrogens (tertiary/aromatic N) is 2. The van der Waals surface area contributed by atoms with Crippen molar-refractivity contribution in [3.8, 4) is 0 Å². The van der Waals surface area contributed by atoms with Gasteiger partial charge in [-0.15, -0.1) is 11.3 Å². The van der Waals surface area contributed by atoms with Crippen LogP contribution in [0.1, 0.15) is 11.3 Å². The number of carboxylic acid groups (broad SMARTS) is 1. The van der Waals surface area contributed by atoms with E-state index >= 15 is 0 Å². The van der Waals surface area contributed by atoms with Crippen LogP contribution in [0.25, 0.3) is 0 Å². The molecule has 1 saturated heterocycles. The first-order valence-electron chi connectivity index (χ1n) is 6.52. The van der Waals surface area contributed by atoms with Crippen molar-refractivity contribution in [3.05, 3.63) is 20.8 Å². The standard InChI is InChI=1S/C13H17BrN2O4S/c1-15(7-11-4-9(14)8-21-11)13(19)16-2-3-20-10(6-16)5-12(17)18/h4,8,10H,2-3,5-7H2,1H3,(H,17,18). The molecule has 21 heavy (non-hydrogen) atoms. The minimum atomic E-state index is -0.911. The highest BCUT2D eigenvalue weighted by atomic mass is 79.9. The number of rotatable bonds is 4. The number of carboxylic acids is 1. The largest absolute Gasteiger partial charge is 0.481 e. The highest BCUT2D eigenvalue weighted by Crippen LogP contribution is 2.21. The fourth-order valence-electron chi connectivity index (χ4n) is 2.19. The number of urea groups is 1. The van der Waals surface area contributed by atoms with Gasteiger partial charge in [-0.3, -0.25) is 4.79 Å². The predicted octanol–water partition coefficient (Wildman–Crippen LogP) is 2.24. The molecule has 1 aliphatic rings. The first-order chi connectivity index (χ1) is 9.95. The van der Waals surface area contributed by atoms with Gasteiger partial charge in [-0.1, -0.05) is 0 Å². The Balaban J connectivity index is 1.90. The molecule has 6 nitrogen and oxygen atoms in total. The van der Waals surface area contributed by atoms with Crippen molar-refractivity contribution in [1.82, 2.24) is 9.80 Å². The van der Waals surface area contributed by atoms with E-state index < -0.39 is 12.1 Å². The molecule has 1 aliphatic heterocycles. The van der Waals surface area contributed by atoms with Gasteiger partial charge in [0.2, 0.25) is 0 Å². The lowest BCUT2D eigenvalue weighted by atomic mass is 10.2. The number of hydrogen-bond donors (Lipinski definition) is 1. The Morgan fingerprint density at radius 3 is 3.00 bits per heavy atom. The number of carbonyl (C=O) groups excluding carboxylic acids is 1. The molecule has 1 fully saturated rings. The first-order valence-corrected chi connectivity index (χ1v) is 8.19. The Kier molecular flexibility index (Phi) is 5.60. The van der Waals surface area contributed by atoms with Gasteiger partial charge >= 0.3 is 12.0 Å². The topological polar surface area (TPSA) is 70.1 Å². The van der Waals surface area contributed by atoms with Crippen LogP contribution in [0.15, 0.2) is 15.9 Å². The number of thiophene rings is 1. The molecule has 1 N–H and O–H groups in total. The highest BCUT2D eigenvalue weighted by Gasteiger charge is 2.27. The molecule has 8 heteroatoms. The van der Waals surface area contributed by atoms with Crippen molar-refractivity contribution in [2.24, 2.45) is 0 Å². The zero-order valence-corrected chi connectivity index (χ0v) is 14.0. The molecule has 2 amide bonds. The second-order valence-corrected chi connectivity index (χ2v) is 6.82. The number of morpholine rings is 1. The Hall–Kier alpha value is -1.12. The molecule has 0 aliphatic carbocycles. The quantitative estimate of drug-likeness (QED) is 0.874. The molecular formula is C13H17BrN2O4S. The van der Waals surface area contributed by atoms with Crippen LogP contribution in [0.3, 0.4) is 0 Å². The minimum absolute atomic E-state index is 0.0780. The van der Waals surface area contributed by atoms with E-state index in [2.05, 4.69) is 15.9 Å². The van der Waals surface area contributed by atoms with Gasteiger partial charge in [0.15, 0.2) is 0 Å². The lowest BCUT2D eigenvalue weighted by Gasteiger charge is -2.34. The lowest BCUT2D eigenvalue weighted by Crippen LogP contribution is -2.50. The summed E-state index contributed by atoms with van der Waals surface area (Å²) < 4.78 is 6.38. The SMILES string of the molecule is CN(Cc1cc(Br)cs1)C(=O)N1CCOC(CC(=O)O)C1. The third-order valence-corrected chi connectivity index (χ3v) is 4.84. The number of aliphatic carboxylic acids is 1. The third kappa shape index (κ3) is 4.69. The molecule has 2 rings (SSSR count). The minimum Gasteiger partial charge on any atom is -0.481 e. The van der Waals surface area contributed by atoms with Gasteiger partial charge < -0.3 is 19.6 Å². The van der Waals surface area contributed by atoms with Gasteiger partial charge in [0, 0.05) is 34.9 Å². The van der Waals surface area contributed by atoms with Crippen LogP contribution in [-0.4, -0.2) is 59.8 Å². The normalized spacial score (nSPS) is 18.6. The fraction of sp³-hybridized carbons (Fsp3) is 0.538. The van der Waals surface area contributed by atoms with Gasteiger partial charge in [-0.25, -0.2) is 4.79 Å². The molecule has 1 aromatic rings. The average Bonchev–Trinajstić information content (AvgIpc) is 2.82.